The van der Waals surface area contributed by atoms with E-state index in [1.165, 1.54) is 0 Å². The molecule has 0 amide bonds. The Kier molecular flexibility index (Phi) is 1.78. The summed E-state index contributed by atoms with van der Waals surface area (Å²) in [4.78, 5) is 0. The highest BCUT2D eigenvalue weighted by atomic mass is 15.0. The van der Waals surface area contributed by atoms with Crippen LogP contribution in [0.15, 0.2) is 0 Å². The number of piperidine rings is 1. The summed E-state index contributed by atoms with van der Waals surface area (Å²) in [6, 6.07) is 0.418. The molecule has 9 heavy (non-hydrogen) atoms. The first-order valence-corrected chi connectivity index (χ1v) is 3.61. The van der Waals surface area contributed by atoms with Crippen LogP contribution in [-0.2, 0) is 0 Å². The summed E-state index contributed by atoms with van der Waals surface area (Å²) in [5, 5.41) is 3.41. The molecule has 2 heteroatoms. The van der Waals surface area contributed by atoms with E-state index in [2.05, 4.69) is 19.2 Å². The molecule has 0 aliphatic carbocycles. The van der Waals surface area contributed by atoms with Crippen molar-refractivity contribution in [1.29, 1.82) is 0 Å². The highest BCUT2D eigenvalue weighted by molar-refractivity contribution is 4.87. The molecule has 1 atom stereocenters. The highest BCUT2D eigenvalue weighted by Gasteiger charge is 2.24. The van der Waals surface area contributed by atoms with Gasteiger partial charge in [-0.05, 0) is 33.2 Å². The van der Waals surface area contributed by atoms with Crippen LogP contribution in [0.4, 0.5) is 0 Å². The molecule has 1 aliphatic heterocycles. The van der Waals surface area contributed by atoms with Gasteiger partial charge in [0.2, 0.25) is 0 Å². The van der Waals surface area contributed by atoms with Crippen LogP contribution in [0.2, 0.25) is 0 Å². The Morgan fingerprint density at radius 2 is 2.22 bits per heavy atom. The third-order valence-electron chi connectivity index (χ3n) is 1.89. The predicted octanol–water partition coefficient (Wildman–Crippen LogP) is 0.476. The van der Waals surface area contributed by atoms with Crippen LogP contribution in [0.1, 0.15) is 26.7 Å². The first-order valence-electron chi connectivity index (χ1n) is 3.61. The summed E-state index contributed by atoms with van der Waals surface area (Å²) >= 11 is 0. The highest BCUT2D eigenvalue weighted by Crippen LogP contribution is 2.16. The van der Waals surface area contributed by atoms with Gasteiger partial charge >= 0.3 is 0 Å². The van der Waals surface area contributed by atoms with E-state index in [0.717, 1.165) is 19.4 Å². The fourth-order valence-corrected chi connectivity index (χ4v) is 1.43. The second kappa shape index (κ2) is 2.27. The molecular formula is C7H16N2. The Bertz CT molecular complexity index is 99.1. The van der Waals surface area contributed by atoms with Gasteiger partial charge < -0.3 is 11.1 Å². The lowest BCUT2D eigenvalue weighted by Gasteiger charge is -2.34. The van der Waals surface area contributed by atoms with Crippen molar-refractivity contribution in [2.45, 2.75) is 38.3 Å². The second-order valence-corrected chi connectivity index (χ2v) is 3.56. The maximum absolute atomic E-state index is 5.77. The smallest absolute Gasteiger partial charge is 0.0139 e. The van der Waals surface area contributed by atoms with Crippen molar-refractivity contribution in [2.75, 3.05) is 6.54 Å². The summed E-state index contributed by atoms with van der Waals surface area (Å²) in [6.07, 6.45) is 2.23. The third kappa shape index (κ3) is 1.95. The monoisotopic (exact) mass is 128 g/mol. The van der Waals surface area contributed by atoms with E-state index >= 15 is 0 Å². The van der Waals surface area contributed by atoms with E-state index in [0.29, 0.717) is 6.04 Å². The minimum atomic E-state index is 0.275. The summed E-state index contributed by atoms with van der Waals surface area (Å²) in [5.41, 5.74) is 6.05. The molecule has 2 nitrogen and oxygen atoms in total. The molecule has 1 fully saturated rings. The molecule has 54 valence electrons. The third-order valence-corrected chi connectivity index (χ3v) is 1.89. The lowest BCUT2D eigenvalue weighted by molar-refractivity contribution is 0.276. The lowest BCUT2D eigenvalue weighted by atomic mass is 9.90. The Hall–Kier alpha value is -0.0800. The summed E-state index contributed by atoms with van der Waals surface area (Å²) in [6.45, 7) is 5.48. The van der Waals surface area contributed by atoms with Crippen molar-refractivity contribution in [3.8, 4) is 0 Å². The van der Waals surface area contributed by atoms with Crippen LogP contribution < -0.4 is 11.1 Å². The topological polar surface area (TPSA) is 38.0 Å². The maximum Gasteiger partial charge on any atom is 0.0139 e. The van der Waals surface area contributed by atoms with E-state index in [4.69, 9.17) is 5.73 Å². The van der Waals surface area contributed by atoms with Gasteiger partial charge in [-0.2, -0.15) is 0 Å². The Morgan fingerprint density at radius 1 is 1.56 bits per heavy atom. The van der Waals surface area contributed by atoms with Gasteiger partial charge in [-0.25, -0.2) is 0 Å². The fraction of sp³-hybridized carbons (Fsp3) is 1.00. The molecule has 1 heterocycles. The molecule has 0 aromatic rings. The first-order chi connectivity index (χ1) is 4.10. The second-order valence-electron chi connectivity index (χ2n) is 3.56. The van der Waals surface area contributed by atoms with Crippen molar-refractivity contribution < 1.29 is 0 Å². The largest absolute Gasteiger partial charge is 0.328 e. The van der Waals surface area contributed by atoms with Gasteiger partial charge in [0.25, 0.3) is 0 Å². The van der Waals surface area contributed by atoms with E-state index in [1.54, 1.807) is 0 Å². The summed E-state index contributed by atoms with van der Waals surface area (Å²) < 4.78 is 0. The van der Waals surface area contributed by atoms with Crippen LogP contribution in [-0.4, -0.2) is 18.1 Å². The standard InChI is InChI=1S/C7H16N2/c1-7(2)5-6(8)3-4-9-7/h6,9H,3-5,8H2,1-2H3. The minimum Gasteiger partial charge on any atom is -0.328 e. The van der Waals surface area contributed by atoms with E-state index in [9.17, 15) is 0 Å². The lowest BCUT2D eigenvalue weighted by Crippen LogP contribution is -2.50. The molecule has 1 unspecified atom stereocenters. The average Bonchev–Trinajstić information content (AvgIpc) is 1.60. The molecule has 1 aliphatic rings. The van der Waals surface area contributed by atoms with Gasteiger partial charge in [-0.3, -0.25) is 0 Å². The molecule has 3 N–H and O–H groups in total. The fourth-order valence-electron chi connectivity index (χ4n) is 1.43. The van der Waals surface area contributed by atoms with Crippen molar-refractivity contribution in [3.63, 3.8) is 0 Å². The Morgan fingerprint density at radius 3 is 2.56 bits per heavy atom. The molecule has 0 spiro atoms. The first kappa shape index (κ1) is 7.03. The molecule has 0 saturated carbocycles. The number of hydrogen-bond acceptors (Lipinski definition) is 2. The van der Waals surface area contributed by atoms with Crippen molar-refractivity contribution in [3.05, 3.63) is 0 Å². The summed E-state index contributed by atoms with van der Waals surface area (Å²) in [7, 11) is 0. The van der Waals surface area contributed by atoms with Crippen LogP contribution in [0.3, 0.4) is 0 Å². The van der Waals surface area contributed by atoms with Crippen LogP contribution >= 0.6 is 0 Å². The number of rotatable bonds is 0. The zero-order chi connectivity index (χ0) is 6.91. The maximum atomic E-state index is 5.77. The van der Waals surface area contributed by atoms with Gasteiger partial charge in [0.05, 0.1) is 0 Å². The van der Waals surface area contributed by atoms with Crippen LogP contribution in [0.5, 0.6) is 0 Å². The molecule has 1 saturated heterocycles. The van der Waals surface area contributed by atoms with Crippen molar-refractivity contribution in [1.82, 2.24) is 5.32 Å². The Labute approximate surface area is 56.8 Å². The van der Waals surface area contributed by atoms with Gasteiger partial charge in [0.1, 0.15) is 0 Å². The number of hydrogen-bond donors (Lipinski definition) is 2. The zero-order valence-electron chi connectivity index (χ0n) is 6.28. The number of nitrogens with one attached hydrogen (secondary N) is 1. The van der Waals surface area contributed by atoms with E-state index < -0.39 is 0 Å². The van der Waals surface area contributed by atoms with Crippen molar-refractivity contribution in [2.24, 2.45) is 5.73 Å². The van der Waals surface area contributed by atoms with Crippen LogP contribution in [0.25, 0.3) is 0 Å². The molecule has 0 aromatic carbocycles. The molecule has 0 aromatic heterocycles. The molecule has 0 bridgehead atoms. The van der Waals surface area contributed by atoms with Crippen molar-refractivity contribution >= 4 is 0 Å². The minimum absolute atomic E-state index is 0.275. The van der Waals surface area contributed by atoms with Gasteiger partial charge in [-0.15, -0.1) is 0 Å². The van der Waals surface area contributed by atoms with Gasteiger partial charge in [0.15, 0.2) is 0 Å². The molecule has 0 radical (unpaired) electrons. The normalized spacial score (nSPS) is 34.3. The molecule has 1 rings (SSSR count). The van der Waals surface area contributed by atoms with Gasteiger partial charge in [0, 0.05) is 11.6 Å². The predicted molar refractivity (Wildman–Crippen MR) is 39.3 cm³/mol. The van der Waals surface area contributed by atoms with Gasteiger partial charge in [-0.1, -0.05) is 0 Å². The quantitative estimate of drug-likeness (QED) is 0.498. The zero-order valence-corrected chi connectivity index (χ0v) is 6.28. The molecular weight excluding hydrogens is 112 g/mol. The summed E-state index contributed by atoms with van der Waals surface area (Å²) in [5.74, 6) is 0. The van der Waals surface area contributed by atoms with E-state index in [-0.39, 0.29) is 5.54 Å². The SMILES string of the molecule is CC1(C)CC(N)CCN1. The Balaban J connectivity index is 2.41. The van der Waals surface area contributed by atoms with Crippen LogP contribution in [0, 0.1) is 0 Å². The van der Waals surface area contributed by atoms with E-state index in [1.807, 2.05) is 0 Å². The number of nitrogens with two attached hydrogens (primary N) is 1. The average molecular weight is 128 g/mol.